The number of nitrogens with one attached hydrogen (secondary N) is 2. The number of benzene rings is 1. The molecular weight excluding hydrogens is 247 g/mol. The minimum Gasteiger partial charge on any atom is -0.357 e. The van der Waals surface area contributed by atoms with Crippen LogP contribution in [0.4, 0.5) is 10.1 Å². The zero-order chi connectivity index (χ0) is 13.8. The summed E-state index contributed by atoms with van der Waals surface area (Å²) in [6, 6.07) is 5.66. The Hall–Kier alpha value is -2.13. The van der Waals surface area contributed by atoms with E-state index >= 15 is 0 Å². The molecule has 2 rings (SSSR count). The Labute approximate surface area is 111 Å². The van der Waals surface area contributed by atoms with E-state index in [0.717, 1.165) is 0 Å². The molecule has 100 valence electrons. The number of hydrogen-bond acceptors (Lipinski definition) is 4. The Morgan fingerprint density at radius 2 is 2.37 bits per heavy atom. The fourth-order valence-corrected chi connectivity index (χ4v) is 2.22. The van der Waals surface area contributed by atoms with Crippen molar-refractivity contribution in [1.29, 1.82) is 5.26 Å². The molecule has 0 aliphatic carbocycles. The summed E-state index contributed by atoms with van der Waals surface area (Å²) in [5.41, 5.74) is 0.816. The first-order valence-corrected chi connectivity index (χ1v) is 6.05. The molecule has 19 heavy (non-hydrogen) atoms. The standard InChI is InChI=1S/C13H15FN4O/c1-16-13(19)12-8-17-2-3-18(12)11-5-9(7-15)4-10(14)6-11/h4-6,12,17H,2-3,8H2,1H3,(H,16,19). The highest BCUT2D eigenvalue weighted by molar-refractivity contribution is 5.85. The lowest BCUT2D eigenvalue weighted by atomic mass is 10.1. The minimum absolute atomic E-state index is 0.130. The summed E-state index contributed by atoms with van der Waals surface area (Å²) in [6.07, 6.45) is 0. The predicted molar refractivity (Wildman–Crippen MR) is 69.2 cm³/mol. The van der Waals surface area contributed by atoms with Gasteiger partial charge in [-0.1, -0.05) is 0 Å². The zero-order valence-corrected chi connectivity index (χ0v) is 10.6. The first kappa shape index (κ1) is 13.3. The van der Waals surface area contributed by atoms with Crippen molar-refractivity contribution < 1.29 is 9.18 Å². The van der Waals surface area contributed by atoms with Gasteiger partial charge in [0, 0.05) is 32.4 Å². The molecule has 1 unspecified atom stereocenters. The van der Waals surface area contributed by atoms with Crippen molar-refractivity contribution in [2.45, 2.75) is 6.04 Å². The van der Waals surface area contributed by atoms with Crippen molar-refractivity contribution in [2.24, 2.45) is 0 Å². The van der Waals surface area contributed by atoms with E-state index in [2.05, 4.69) is 10.6 Å². The van der Waals surface area contributed by atoms with Crippen LogP contribution < -0.4 is 15.5 Å². The van der Waals surface area contributed by atoms with Crippen molar-refractivity contribution in [3.8, 4) is 6.07 Å². The van der Waals surface area contributed by atoms with Gasteiger partial charge >= 0.3 is 0 Å². The number of anilines is 1. The van der Waals surface area contributed by atoms with Crippen LogP contribution in [0.3, 0.4) is 0 Å². The zero-order valence-electron chi connectivity index (χ0n) is 10.6. The van der Waals surface area contributed by atoms with Gasteiger partial charge in [-0.15, -0.1) is 0 Å². The SMILES string of the molecule is CNC(=O)C1CNCCN1c1cc(F)cc(C#N)c1. The van der Waals surface area contributed by atoms with E-state index in [9.17, 15) is 9.18 Å². The molecule has 2 N–H and O–H groups in total. The van der Waals surface area contributed by atoms with Gasteiger partial charge < -0.3 is 15.5 Å². The van der Waals surface area contributed by atoms with Crippen LogP contribution in [0, 0.1) is 17.1 Å². The molecule has 1 saturated heterocycles. The lowest BCUT2D eigenvalue weighted by molar-refractivity contribution is -0.122. The van der Waals surface area contributed by atoms with Gasteiger partial charge in [-0.3, -0.25) is 4.79 Å². The van der Waals surface area contributed by atoms with E-state index in [1.807, 2.05) is 11.0 Å². The number of carbonyl (C=O) groups is 1. The third-order valence-corrected chi connectivity index (χ3v) is 3.14. The second-order valence-electron chi connectivity index (χ2n) is 4.34. The maximum atomic E-state index is 13.5. The normalized spacial score (nSPS) is 18.8. The second-order valence-corrected chi connectivity index (χ2v) is 4.34. The summed E-state index contributed by atoms with van der Waals surface area (Å²) in [7, 11) is 1.57. The summed E-state index contributed by atoms with van der Waals surface area (Å²) >= 11 is 0. The molecule has 0 bridgehead atoms. The van der Waals surface area contributed by atoms with Crippen LogP contribution >= 0.6 is 0 Å². The first-order valence-electron chi connectivity index (χ1n) is 6.05. The highest BCUT2D eigenvalue weighted by Crippen LogP contribution is 2.21. The van der Waals surface area contributed by atoms with Crippen LogP contribution in [0.15, 0.2) is 18.2 Å². The summed E-state index contributed by atoms with van der Waals surface area (Å²) in [5, 5.41) is 14.6. The Balaban J connectivity index is 2.35. The van der Waals surface area contributed by atoms with Gasteiger partial charge in [-0.2, -0.15) is 5.26 Å². The molecule has 1 aromatic rings. The first-order chi connectivity index (χ1) is 9.15. The molecule has 5 nitrogen and oxygen atoms in total. The smallest absolute Gasteiger partial charge is 0.243 e. The van der Waals surface area contributed by atoms with E-state index < -0.39 is 11.9 Å². The summed E-state index contributed by atoms with van der Waals surface area (Å²) in [5.74, 6) is -0.599. The van der Waals surface area contributed by atoms with Crippen LogP contribution in [0.5, 0.6) is 0 Å². The van der Waals surface area contributed by atoms with Crippen molar-refractivity contribution in [3.63, 3.8) is 0 Å². The number of rotatable bonds is 2. The van der Waals surface area contributed by atoms with Crippen LogP contribution in [-0.4, -0.2) is 38.6 Å². The van der Waals surface area contributed by atoms with Crippen LogP contribution in [-0.2, 0) is 4.79 Å². The second kappa shape index (κ2) is 5.67. The van der Waals surface area contributed by atoms with Crippen molar-refractivity contribution >= 4 is 11.6 Å². The summed E-state index contributed by atoms with van der Waals surface area (Å²) < 4.78 is 13.5. The lowest BCUT2D eigenvalue weighted by Crippen LogP contribution is -2.57. The summed E-state index contributed by atoms with van der Waals surface area (Å²) in [6.45, 7) is 1.80. The van der Waals surface area contributed by atoms with E-state index in [1.54, 1.807) is 13.1 Å². The monoisotopic (exact) mass is 262 g/mol. The topological polar surface area (TPSA) is 68.2 Å². The molecule has 1 heterocycles. The fraction of sp³-hybridized carbons (Fsp3) is 0.385. The highest BCUT2D eigenvalue weighted by atomic mass is 19.1. The molecule has 1 atom stereocenters. The van der Waals surface area contributed by atoms with Gasteiger partial charge in [0.05, 0.1) is 11.6 Å². The number of amides is 1. The third kappa shape index (κ3) is 2.83. The average Bonchev–Trinajstić information content (AvgIpc) is 2.45. The van der Waals surface area contributed by atoms with Gasteiger partial charge in [0.15, 0.2) is 0 Å². The van der Waals surface area contributed by atoms with E-state index in [1.165, 1.54) is 12.1 Å². The van der Waals surface area contributed by atoms with Gasteiger partial charge in [0.2, 0.25) is 5.91 Å². The number of carbonyl (C=O) groups excluding carboxylic acids is 1. The molecule has 0 saturated carbocycles. The Morgan fingerprint density at radius 1 is 1.58 bits per heavy atom. The molecular formula is C13H15FN4O. The molecule has 1 amide bonds. The number of halogens is 1. The third-order valence-electron chi connectivity index (χ3n) is 3.14. The van der Waals surface area contributed by atoms with Gasteiger partial charge in [0.1, 0.15) is 11.9 Å². The molecule has 1 aromatic carbocycles. The highest BCUT2D eigenvalue weighted by Gasteiger charge is 2.28. The predicted octanol–water partition coefficient (Wildman–Crippen LogP) is 0.222. The molecule has 0 aromatic heterocycles. The van der Waals surface area contributed by atoms with E-state index in [0.29, 0.717) is 25.3 Å². The Bertz CT molecular complexity index is 526. The average molecular weight is 262 g/mol. The Kier molecular flexibility index (Phi) is 3.97. The summed E-state index contributed by atoms with van der Waals surface area (Å²) in [4.78, 5) is 13.7. The van der Waals surface area contributed by atoms with Gasteiger partial charge in [0.25, 0.3) is 0 Å². The van der Waals surface area contributed by atoms with Crippen molar-refractivity contribution in [3.05, 3.63) is 29.6 Å². The Morgan fingerprint density at radius 3 is 3.05 bits per heavy atom. The molecule has 1 aliphatic rings. The molecule has 1 aliphatic heterocycles. The molecule has 6 heteroatoms. The van der Waals surface area contributed by atoms with Crippen molar-refractivity contribution in [1.82, 2.24) is 10.6 Å². The molecule has 0 spiro atoms. The van der Waals surface area contributed by atoms with Crippen LogP contribution in [0.1, 0.15) is 5.56 Å². The number of likely N-dealkylation sites (N-methyl/N-ethyl adjacent to an activating group) is 1. The number of nitrogens with zero attached hydrogens (tertiary/aromatic N) is 2. The molecule has 1 fully saturated rings. The number of nitriles is 1. The maximum absolute atomic E-state index is 13.5. The van der Waals surface area contributed by atoms with Crippen molar-refractivity contribution in [2.75, 3.05) is 31.6 Å². The number of hydrogen-bond donors (Lipinski definition) is 2. The maximum Gasteiger partial charge on any atom is 0.243 e. The van der Waals surface area contributed by atoms with E-state index in [4.69, 9.17) is 5.26 Å². The fourth-order valence-electron chi connectivity index (χ4n) is 2.22. The van der Waals surface area contributed by atoms with Crippen LogP contribution in [0.2, 0.25) is 0 Å². The van der Waals surface area contributed by atoms with Gasteiger partial charge in [-0.25, -0.2) is 4.39 Å². The largest absolute Gasteiger partial charge is 0.357 e. The van der Waals surface area contributed by atoms with E-state index in [-0.39, 0.29) is 11.5 Å². The quantitative estimate of drug-likeness (QED) is 0.800. The van der Waals surface area contributed by atoms with Crippen LogP contribution in [0.25, 0.3) is 0 Å². The minimum atomic E-state index is -0.469. The van der Waals surface area contributed by atoms with Gasteiger partial charge in [-0.05, 0) is 18.2 Å². The lowest BCUT2D eigenvalue weighted by Gasteiger charge is -2.36. The molecule has 0 radical (unpaired) electrons. The number of piperazine rings is 1.